The molecule has 0 heterocycles. The molecule has 0 unspecified atom stereocenters. The highest BCUT2D eigenvalue weighted by molar-refractivity contribution is 5.66. The molecule has 0 aliphatic rings. The summed E-state index contributed by atoms with van der Waals surface area (Å²) in [5, 5.41) is 0. The Morgan fingerprint density at radius 2 is 1.21 bits per heavy atom. The van der Waals surface area contributed by atoms with Crippen LogP contribution in [0.4, 0.5) is 0 Å². The number of hydrogen-bond donors (Lipinski definition) is 0. The van der Waals surface area contributed by atoms with E-state index in [0.717, 1.165) is 0 Å². The number of ether oxygens (including phenoxy) is 2. The third-order valence-electron chi connectivity index (χ3n) is 1.16. The molecule has 0 saturated carbocycles. The fraction of sp³-hybridized carbons (Fsp3) is 0.867. The first kappa shape index (κ1) is 23.1. The summed E-state index contributed by atoms with van der Waals surface area (Å²) >= 11 is 0. The van der Waals surface area contributed by atoms with E-state index < -0.39 is 0 Å². The maximum absolute atomic E-state index is 10.3. The van der Waals surface area contributed by atoms with Gasteiger partial charge in [0.2, 0.25) is 0 Å². The fourth-order valence-electron chi connectivity index (χ4n) is 0.749. The van der Waals surface area contributed by atoms with Crippen molar-refractivity contribution < 1.29 is 19.1 Å². The Bertz CT molecular complexity index is 244. The van der Waals surface area contributed by atoms with Crippen LogP contribution in [0.25, 0.3) is 0 Å². The summed E-state index contributed by atoms with van der Waals surface area (Å²) in [5.41, 5.74) is -0.239. The maximum Gasteiger partial charge on any atom is 0.303 e. The summed E-state index contributed by atoms with van der Waals surface area (Å²) < 4.78 is 9.57. The van der Waals surface area contributed by atoms with E-state index in [0.29, 0.717) is 6.61 Å². The molecule has 0 saturated heterocycles. The largest absolute Gasteiger partial charge is 0.465 e. The summed E-state index contributed by atoms with van der Waals surface area (Å²) in [5.74, 6) is -0.428. The number of carbonyl (C=O) groups is 2. The van der Waals surface area contributed by atoms with E-state index in [9.17, 15) is 9.59 Å². The number of carbonyl (C=O) groups excluding carboxylic acids is 2. The highest BCUT2D eigenvalue weighted by Gasteiger charge is 2.12. The minimum Gasteiger partial charge on any atom is -0.465 e. The standard InChI is InChI=1S/C7H14O2.C6H12O2.C2H6/c1-6(8)9-5-7(2,3)4;1-5(7)8-6(2,3)4;1-2/h5H2,1-4H3;1-4H3;1-2H3. The molecular formula is C15H32O4. The molecule has 4 heteroatoms. The first-order valence-electron chi connectivity index (χ1n) is 6.66. The molecule has 0 rings (SSSR count). The summed E-state index contributed by atoms with van der Waals surface area (Å²) in [6.45, 7) is 18.9. The second-order valence-electron chi connectivity index (χ2n) is 6.05. The molecular weight excluding hydrogens is 244 g/mol. The highest BCUT2D eigenvalue weighted by atomic mass is 16.6. The van der Waals surface area contributed by atoms with E-state index >= 15 is 0 Å². The zero-order valence-corrected chi connectivity index (χ0v) is 14.3. The molecule has 0 N–H and O–H groups in total. The van der Waals surface area contributed by atoms with Gasteiger partial charge in [0.15, 0.2) is 0 Å². The van der Waals surface area contributed by atoms with Crippen molar-refractivity contribution in [2.24, 2.45) is 5.41 Å². The van der Waals surface area contributed by atoms with E-state index in [1.165, 1.54) is 13.8 Å². The lowest BCUT2D eigenvalue weighted by molar-refractivity contribution is -0.152. The summed E-state index contributed by atoms with van der Waals surface area (Å²) in [6, 6.07) is 0. The number of rotatable bonds is 1. The maximum atomic E-state index is 10.3. The lowest BCUT2D eigenvalue weighted by Gasteiger charge is -2.17. The van der Waals surface area contributed by atoms with E-state index in [1.807, 2.05) is 55.4 Å². The lowest BCUT2D eigenvalue weighted by Crippen LogP contribution is -2.21. The van der Waals surface area contributed by atoms with Crippen LogP contribution >= 0.6 is 0 Å². The molecule has 0 aliphatic heterocycles. The van der Waals surface area contributed by atoms with Crippen molar-refractivity contribution in [1.29, 1.82) is 0 Å². The van der Waals surface area contributed by atoms with Crippen LogP contribution in [-0.2, 0) is 19.1 Å². The lowest BCUT2D eigenvalue weighted by atomic mass is 9.99. The van der Waals surface area contributed by atoms with Gasteiger partial charge in [-0.2, -0.15) is 0 Å². The van der Waals surface area contributed by atoms with E-state index in [4.69, 9.17) is 9.47 Å². The molecule has 116 valence electrons. The van der Waals surface area contributed by atoms with Crippen LogP contribution in [-0.4, -0.2) is 24.1 Å². The van der Waals surface area contributed by atoms with Crippen molar-refractivity contribution in [1.82, 2.24) is 0 Å². The Morgan fingerprint density at radius 3 is 1.26 bits per heavy atom. The molecule has 0 atom stereocenters. The van der Waals surface area contributed by atoms with Crippen LogP contribution in [0.1, 0.15) is 69.2 Å². The van der Waals surface area contributed by atoms with Gasteiger partial charge in [0.05, 0.1) is 6.61 Å². The topological polar surface area (TPSA) is 52.6 Å². The smallest absolute Gasteiger partial charge is 0.303 e. The zero-order chi connectivity index (χ0) is 16.3. The zero-order valence-electron chi connectivity index (χ0n) is 14.3. The van der Waals surface area contributed by atoms with Gasteiger partial charge in [-0.25, -0.2) is 0 Å². The third-order valence-corrected chi connectivity index (χ3v) is 1.16. The molecule has 0 spiro atoms. The summed E-state index contributed by atoms with van der Waals surface area (Å²) in [4.78, 5) is 20.5. The second kappa shape index (κ2) is 10.8. The number of esters is 2. The van der Waals surface area contributed by atoms with Crippen molar-refractivity contribution in [3.63, 3.8) is 0 Å². The van der Waals surface area contributed by atoms with Crippen LogP contribution in [0.3, 0.4) is 0 Å². The van der Waals surface area contributed by atoms with E-state index in [2.05, 4.69) is 0 Å². The van der Waals surface area contributed by atoms with Crippen LogP contribution in [0.15, 0.2) is 0 Å². The number of hydrogen-bond acceptors (Lipinski definition) is 4. The molecule has 0 aromatic rings. The Labute approximate surface area is 118 Å². The van der Waals surface area contributed by atoms with Crippen LogP contribution in [0.5, 0.6) is 0 Å². The molecule has 0 amide bonds. The SMILES string of the molecule is CC.CC(=O)OC(C)(C)C.CC(=O)OCC(C)(C)C. The Morgan fingerprint density at radius 1 is 0.842 bits per heavy atom. The minimum atomic E-state index is -0.328. The highest BCUT2D eigenvalue weighted by Crippen LogP contribution is 2.12. The first-order valence-corrected chi connectivity index (χ1v) is 6.66. The predicted molar refractivity (Wildman–Crippen MR) is 79.0 cm³/mol. The molecule has 0 aromatic carbocycles. The molecule has 4 nitrogen and oxygen atoms in total. The van der Waals surface area contributed by atoms with Gasteiger partial charge in [0, 0.05) is 13.8 Å². The second-order valence-corrected chi connectivity index (χ2v) is 6.05. The van der Waals surface area contributed by atoms with Gasteiger partial charge in [0.1, 0.15) is 5.60 Å². The molecule has 0 radical (unpaired) electrons. The Kier molecular flexibility index (Phi) is 13.1. The van der Waals surface area contributed by atoms with Crippen molar-refractivity contribution in [3.8, 4) is 0 Å². The molecule has 0 fully saturated rings. The molecule has 0 aromatic heterocycles. The van der Waals surface area contributed by atoms with E-state index in [1.54, 1.807) is 0 Å². The van der Waals surface area contributed by atoms with Crippen molar-refractivity contribution in [2.45, 2.75) is 74.8 Å². The van der Waals surface area contributed by atoms with Crippen molar-refractivity contribution >= 4 is 11.9 Å². The van der Waals surface area contributed by atoms with Gasteiger partial charge in [-0.3, -0.25) is 9.59 Å². The normalized spacial score (nSPS) is 10.2. The van der Waals surface area contributed by atoms with Crippen LogP contribution < -0.4 is 0 Å². The van der Waals surface area contributed by atoms with Gasteiger partial charge in [-0.1, -0.05) is 34.6 Å². The van der Waals surface area contributed by atoms with Crippen molar-refractivity contribution in [2.75, 3.05) is 6.61 Å². The summed E-state index contributed by atoms with van der Waals surface area (Å²) in [7, 11) is 0. The van der Waals surface area contributed by atoms with Gasteiger partial charge < -0.3 is 9.47 Å². The third kappa shape index (κ3) is 38.3. The van der Waals surface area contributed by atoms with Gasteiger partial charge in [-0.05, 0) is 26.2 Å². The monoisotopic (exact) mass is 276 g/mol. The fourth-order valence-corrected chi connectivity index (χ4v) is 0.749. The van der Waals surface area contributed by atoms with Gasteiger partial charge >= 0.3 is 11.9 Å². The quantitative estimate of drug-likeness (QED) is 0.680. The van der Waals surface area contributed by atoms with Crippen molar-refractivity contribution in [3.05, 3.63) is 0 Å². The van der Waals surface area contributed by atoms with E-state index in [-0.39, 0.29) is 23.0 Å². The average molecular weight is 276 g/mol. The summed E-state index contributed by atoms with van der Waals surface area (Å²) in [6.07, 6.45) is 0. The Hall–Kier alpha value is -1.06. The van der Waals surface area contributed by atoms with Crippen LogP contribution in [0, 0.1) is 5.41 Å². The van der Waals surface area contributed by atoms with Gasteiger partial charge in [-0.15, -0.1) is 0 Å². The molecule has 0 bridgehead atoms. The van der Waals surface area contributed by atoms with Gasteiger partial charge in [0.25, 0.3) is 0 Å². The first-order chi connectivity index (χ1) is 8.33. The minimum absolute atomic E-state index is 0.0890. The predicted octanol–water partition coefficient (Wildman–Crippen LogP) is 3.97. The van der Waals surface area contributed by atoms with Crippen LogP contribution in [0.2, 0.25) is 0 Å². The molecule has 0 aliphatic carbocycles. The molecule has 19 heavy (non-hydrogen) atoms. The Balaban J connectivity index is -0.000000239. The average Bonchev–Trinajstić information content (AvgIpc) is 2.14.